The van der Waals surface area contributed by atoms with E-state index >= 15 is 0 Å². The highest BCUT2D eigenvalue weighted by molar-refractivity contribution is 9.11. The van der Waals surface area contributed by atoms with Gasteiger partial charge in [-0.05, 0) is 12.1 Å². The van der Waals surface area contributed by atoms with Gasteiger partial charge in [0.15, 0.2) is 9.84 Å². The van der Waals surface area contributed by atoms with Crippen molar-refractivity contribution in [1.82, 2.24) is 0 Å². The van der Waals surface area contributed by atoms with Gasteiger partial charge in [-0.1, -0.05) is 34.6 Å². The first-order chi connectivity index (χ1) is 6.91. The third-order valence-electron chi connectivity index (χ3n) is 1.76. The van der Waals surface area contributed by atoms with Gasteiger partial charge >= 0.3 is 0 Å². The average Bonchev–Trinajstić information content (AvgIpc) is 2.13. The molecule has 0 saturated carbocycles. The van der Waals surface area contributed by atoms with E-state index in [1.54, 1.807) is 24.3 Å². The van der Waals surface area contributed by atoms with Crippen LogP contribution in [0.15, 0.2) is 40.2 Å². The van der Waals surface area contributed by atoms with Gasteiger partial charge < -0.3 is 5.32 Å². The molecule has 82 valence electrons. The molecular formula is C10H12BrNO2S. The lowest BCUT2D eigenvalue weighted by atomic mass is 10.3. The quantitative estimate of drug-likeness (QED) is 0.926. The molecule has 0 atom stereocenters. The van der Waals surface area contributed by atoms with Gasteiger partial charge in [0.05, 0.1) is 10.6 Å². The summed E-state index contributed by atoms with van der Waals surface area (Å²) in [6.07, 6.45) is 1.19. The van der Waals surface area contributed by atoms with Crippen molar-refractivity contribution in [2.75, 3.05) is 18.1 Å². The molecule has 0 saturated heterocycles. The number of benzene rings is 1. The SMILES string of the molecule is C=C(Br)CNc1ccccc1S(C)(=O)=O. The Labute approximate surface area is 98.2 Å². The van der Waals surface area contributed by atoms with Gasteiger partial charge in [-0.3, -0.25) is 0 Å². The molecule has 0 bridgehead atoms. The fourth-order valence-electron chi connectivity index (χ4n) is 1.13. The normalized spacial score (nSPS) is 11.1. The molecular weight excluding hydrogens is 278 g/mol. The highest BCUT2D eigenvalue weighted by atomic mass is 79.9. The molecule has 0 heterocycles. The molecule has 0 amide bonds. The van der Waals surface area contributed by atoms with Crippen molar-refractivity contribution in [3.63, 3.8) is 0 Å². The van der Waals surface area contributed by atoms with Crippen LogP contribution in [-0.4, -0.2) is 21.2 Å². The first-order valence-corrected chi connectivity index (χ1v) is 6.96. The number of rotatable bonds is 4. The van der Waals surface area contributed by atoms with Crippen molar-refractivity contribution >= 4 is 31.5 Å². The summed E-state index contributed by atoms with van der Waals surface area (Å²) < 4.78 is 23.6. The van der Waals surface area contributed by atoms with Gasteiger partial charge in [0.1, 0.15) is 0 Å². The van der Waals surface area contributed by atoms with Gasteiger partial charge in [-0.2, -0.15) is 0 Å². The molecule has 1 N–H and O–H groups in total. The molecule has 0 fully saturated rings. The van der Waals surface area contributed by atoms with Crippen LogP contribution in [0.4, 0.5) is 5.69 Å². The Hall–Kier alpha value is -0.810. The zero-order valence-electron chi connectivity index (χ0n) is 8.33. The molecule has 0 spiro atoms. The molecule has 1 rings (SSSR count). The molecule has 0 aliphatic rings. The third kappa shape index (κ3) is 3.68. The van der Waals surface area contributed by atoms with E-state index in [1.807, 2.05) is 0 Å². The molecule has 0 unspecified atom stereocenters. The number of halogens is 1. The molecule has 3 nitrogen and oxygen atoms in total. The fraction of sp³-hybridized carbons (Fsp3) is 0.200. The lowest BCUT2D eigenvalue weighted by Gasteiger charge is -2.09. The van der Waals surface area contributed by atoms with E-state index in [2.05, 4.69) is 27.8 Å². The number of nitrogens with one attached hydrogen (secondary N) is 1. The second kappa shape index (κ2) is 4.81. The van der Waals surface area contributed by atoms with Crippen LogP contribution < -0.4 is 5.32 Å². The Morgan fingerprint density at radius 1 is 1.47 bits per heavy atom. The topological polar surface area (TPSA) is 46.2 Å². The van der Waals surface area contributed by atoms with Gasteiger partial charge in [0, 0.05) is 17.3 Å². The Bertz CT molecular complexity index is 468. The molecule has 0 aromatic heterocycles. The van der Waals surface area contributed by atoms with Crippen LogP contribution in [0.5, 0.6) is 0 Å². The lowest BCUT2D eigenvalue weighted by Crippen LogP contribution is -2.06. The van der Waals surface area contributed by atoms with Crippen molar-refractivity contribution in [2.45, 2.75) is 4.90 Å². The highest BCUT2D eigenvalue weighted by Crippen LogP contribution is 2.20. The Balaban J connectivity index is 3.02. The predicted molar refractivity (Wildman–Crippen MR) is 66.1 cm³/mol. The average molecular weight is 290 g/mol. The van der Waals surface area contributed by atoms with Gasteiger partial charge in [0.2, 0.25) is 0 Å². The molecule has 15 heavy (non-hydrogen) atoms. The number of hydrogen-bond donors (Lipinski definition) is 1. The summed E-state index contributed by atoms with van der Waals surface area (Å²) in [6.45, 7) is 4.16. The molecule has 0 radical (unpaired) electrons. The Morgan fingerprint density at radius 3 is 2.60 bits per heavy atom. The van der Waals surface area contributed by atoms with E-state index in [9.17, 15) is 8.42 Å². The molecule has 5 heteroatoms. The van der Waals surface area contributed by atoms with Gasteiger partial charge in [-0.25, -0.2) is 8.42 Å². The minimum Gasteiger partial charge on any atom is -0.379 e. The summed E-state index contributed by atoms with van der Waals surface area (Å²) >= 11 is 3.20. The molecule has 0 aliphatic carbocycles. The van der Waals surface area contributed by atoms with Crippen LogP contribution in [0.1, 0.15) is 0 Å². The fourth-order valence-corrected chi connectivity index (χ4v) is 2.13. The molecule has 0 aliphatic heterocycles. The maximum Gasteiger partial charge on any atom is 0.177 e. The first-order valence-electron chi connectivity index (χ1n) is 4.27. The summed E-state index contributed by atoms with van der Waals surface area (Å²) in [6, 6.07) is 6.79. The van der Waals surface area contributed by atoms with E-state index in [0.717, 1.165) is 4.48 Å². The number of para-hydroxylation sites is 1. The lowest BCUT2D eigenvalue weighted by molar-refractivity contribution is 0.602. The van der Waals surface area contributed by atoms with Crippen LogP contribution >= 0.6 is 15.9 Å². The van der Waals surface area contributed by atoms with Crippen molar-refractivity contribution in [3.05, 3.63) is 35.3 Å². The van der Waals surface area contributed by atoms with E-state index < -0.39 is 9.84 Å². The van der Waals surface area contributed by atoms with E-state index in [-0.39, 0.29) is 0 Å². The van der Waals surface area contributed by atoms with Crippen molar-refractivity contribution in [3.8, 4) is 0 Å². The zero-order valence-corrected chi connectivity index (χ0v) is 10.7. The van der Waals surface area contributed by atoms with Crippen LogP contribution in [0.25, 0.3) is 0 Å². The summed E-state index contributed by atoms with van der Waals surface area (Å²) in [4.78, 5) is 0.304. The second-order valence-corrected chi connectivity index (χ2v) is 6.24. The summed E-state index contributed by atoms with van der Waals surface area (Å²) in [7, 11) is -3.19. The summed E-state index contributed by atoms with van der Waals surface area (Å²) in [5, 5.41) is 2.99. The van der Waals surface area contributed by atoms with E-state index in [0.29, 0.717) is 17.1 Å². The summed E-state index contributed by atoms with van der Waals surface area (Å²) in [5.74, 6) is 0. The molecule has 1 aromatic carbocycles. The number of hydrogen-bond acceptors (Lipinski definition) is 3. The summed E-state index contributed by atoms with van der Waals surface area (Å²) in [5.41, 5.74) is 0.598. The van der Waals surface area contributed by atoms with Gasteiger partial charge in [-0.15, -0.1) is 0 Å². The maximum absolute atomic E-state index is 11.4. The standard InChI is InChI=1S/C10H12BrNO2S/c1-8(11)7-12-9-5-3-4-6-10(9)15(2,13)14/h3-6,12H,1,7H2,2H3. The zero-order chi connectivity index (χ0) is 11.5. The highest BCUT2D eigenvalue weighted by Gasteiger charge is 2.11. The smallest absolute Gasteiger partial charge is 0.177 e. The van der Waals surface area contributed by atoms with Crippen LogP contribution in [0.3, 0.4) is 0 Å². The minimum absolute atomic E-state index is 0.304. The number of anilines is 1. The van der Waals surface area contributed by atoms with Crippen molar-refractivity contribution < 1.29 is 8.42 Å². The first kappa shape index (κ1) is 12.3. The third-order valence-corrected chi connectivity index (χ3v) is 3.19. The van der Waals surface area contributed by atoms with Gasteiger partial charge in [0.25, 0.3) is 0 Å². The minimum atomic E-state index is -3.19. The maximum atomic E-state index is 11.4. The predicted octanol–water partition coefficient (Wildman–Crippen LogP) is 2.41. The van der Waals surface area contributed by atoms with Crippen LogP contribution in [0, 0.1) is 0 Å². The van der Waals surface area contributed by atoms with Crippen molar-refractivity contribution in [1.29, 1.82) is 0 Å². The van der Waals surface area contributed by atoms with E-state index in [4.69, 9.17) is 0 Å². The second-order valence-electron chi connectivity index (χ2n) is 3.14. The monoisotopic (exact) mass is 289 g/mol. The van der Waals surface area contributed by atoms with Crippen molar-refractivity contribution in [2.24, 2.45) is 0 Å². The number of sulfone groups is 1. The Kier molecular flexibility index (Phi) is 3.93. The largest absolute Gasteiger partial charge is 0.379 e. The van der Waals surface area contributed by atoms with E-state index in [1.165, 1.54) is 6.26 Å². The van der Waals surface area contributed by atoms with Crippen LogP contribution in [-0.2, 0) is 9.84 Å². The Morgan fingerprint density at radius 2 is 2.07 bits per heavy atom. The molecule has 1 aromatic rings. The van der Waals surface area contributed by atoms with Crippen LogP contribution in [0.2, 0.25) is 0 Å².